The predicted molar refractivity (Wildman–Crippen MR) is 48.0 cm³/mol. The molecule has 0 amide bonds. The van der Waals surface area contributed by atoms with Crippen molar-refractivity contribution in [2.75, 3.05) is 13.7 Å². The van der Waals surface area contributed by atoms with Crippen molar-refractivity contribution < 1.29 is 9.47 Å². The molecule has 1 rings (SSSR count). The topological polar surface area (TPSA) is 18.5 Å². The Labute approximate surface area is 73.1 Å². The van der Waals surface area contributed by atoms with E-state index in [4.69, 9.17) is 9.47 Å². The summed E-state index contributed by atoms with van der Waals surface area (Å²) >= 11 is 0. The van der Waals surface area contributed by atoms with Crippen molar-refractivity contribution in [3.63, 3.8) is 0 Å². The Bertz CT molecular complexity index is 212. The highest BCUT2D eigenvalue weighted by Crippen LogP contribution is 2.13. The first-order valence-electron chi connectivity index (χ1n) is 3.86. The molecule has 65 valence electrons. The van der Waals surface area contributed by atoms with Gasteiger partial charge in [-0.15, -0.1) is 0 Å². The minimum atomic E-state index is 0.455. The summed E-state index contributed by atoms with van der Waals surface area (Å²) in [6.07, 6.45) is 0. The number of hydrogen-bond acceptors (Lipinski definition) is 2. The zero-order chi connectivity index (χ0) is 8.81. The third-order valence-electron chi connectivity index (χ3n) is 1.48. The Hall–Kier alpha value is -1.02. The first-order valence-corrected chi connectivity index (χ1v) is 3.86. The maximum atomic E-state index is 5.23. The van der Waals surface area contributed by atoms with Crippen LogP contribution in [0, 0.1) is 6.92 Å². The lowest BCUT2D eigenvalue weighted by Gasteiger charge is -2.04. The van der Waals surface area contributed by atoms with Crippen LogP contribution in [0.1, 0.15) is 5.56 Å². The molecule has 12 heavy (non-hydrogen) atoms. The van der Waals surface area contributed by atoms with Crippen molar-refractivity contribution >= 4 is 0 Å². The number of ether oxygens (including phenoxy) is 2. The van der Waals surface area contributed by atoms with Crippen molar-refractivity contribution in [2.24, 2.45) is 0 Å². The fourth-order valence-electron chi connectivity index (χ4n) is 1.01. The molecular weight excluding hydrogens is 152 g/mol. The second-order valence-corrected chi connectivity index (χ2v) is 2.43. The van der Waals surface area contributed by atoms with Crippen LogP contribution in [-0.4, -0.2) is 13.7 Å². The molecule has 0 aromatic heterocycles. The van der Waals surface area contributed by atoms with E-state index in [1.165, 1.54) is 0 Å². The molecule has 1 radical (unpaired) electrons. The number of hydrogen-bond donors (Lipinski definition) is 0. The van der Waals surface area contributed by atoms with E-state index < -0.39 is 0 Å². The van der Waals surface area contributed by atoms with Crippen LogP contribution in [0.5, 0.6) is 5.75 Å². The molecule has 2 nitrogen and oxygen atoms in total. The van der Waals surface area contributed by atoms with E-state index in [9.17, 15) is 0 Å². The van der Waals surface area contributed by atoms with Crippen molar-refractivity contribution in [1.82, 2.24) is 0 Å². The fraction of sp³-hybridized carbons (Fsp3) is 0.300. The summed E-state index contributed by atoms with van der Waals surface area (Å²) in [7, 11) is 1.68. The molecule has 0 aliphatic rings. The van der Waals surface area contributed by atoms with Crippen molar-refractivity contribution in [2.45, 2.75) is 6.61 Å². The lowest BCUT2D eigenvalue weighted by atomic mass is 10.2. The highest BCUT2D eigenvalue weighted by Gasteiger charge is 1.94. The molecule has 0 saturated carbocycles. The molecule has 2 heteroatoms. The van der Waals surface area contributed by atoms with Gasteiger partial charge in [0, 0.05) is 7.11 Å². The van der Waals surface area contributed by atoms with Gasteiger partial charge in [0.05, 0.1) is 13.2 Å². The Balaban J connectivity index is 2.67. The van der Waals surface area contributed by atoms with Gasteiger partial charge in [0.1, 0.15) is 5.75 Å². The van der Waals surface area contributed by atoms with E-state index in [1.54, 1.807) is 7.11 Å². The number of benzene rings is 1. The van der Waals surface area contributed by atoms with E-state index in [0.717, 1.165) is 11.3 Å². The zero-order valence-corrected chi connectivity index (χ0v) is 7.25. The Morgan fingerprint density at radius 2 is 2.25 bits per heavy atom. The Morgan fingerprint density at radius 3 is 2.92 bits per heavy atom. The summed E-state index contributed by atoms with van der Waals surface area (Å²) in [5.74, 6) is 0.847. The van der Waals surface area contributed by atoms with Crippen LogP contribution >= 0.6 is 0 Å². The average Bonchev–Trinajstić information content (AvgIpc) is 2.06. The maximum absolute atomic E-state index is 5.23. The normalized spacial score (nSPS) is 9.83. The van der Waals surface area contributed by atoms with Crippen LogP contribution in [0.2, 0.25) is 0 Å². The van der Waals surface area contributed by atoms with Gasteiger partial charge >= 0.3 is 0 Å². The molecule has 0 bridgehead atoms. The largest absolute Gasteiger partial charge is 0.494 e. The summed E-state index contributed by atoms with van der Waals surface area (Å²) in [6, 6.07) is 7.80. The van der Waals surface area contributed by atoms with E-state index in [0.29, 0.717) is 13.2 Å². The minimum absolute atomic E-state index is 0.455. The molecule has 0 atom stereocenters. The van der Waals surface area contributed by atoms with E-state index in [2.05, 4.69) is 6.92 Å². The highest BCUT2D eigenvalue weighted by atomic mass is 16.5. The van der Waals surface area contributed by atoms with Crippen LogP contribution in [-0.2, 0) is 11.3 Å². The van der Waals surface area contributed by atoms with E-state index in [1.807, 2.05) is 24.3 Å². The number of rotatable bonds is 4. The zero-order valence-electron chi connectivity index (χ0n) is 7.25. The SMILES string of the molecule is [CH2]COc1cccc(COC)c1. The molecule has 1 aromatic rings. The summed E-state index contributed by atoms with van der Waals surface area (Å²) in [4.78, 5) is 0. The van der Waals surface area contributed by atoms with Crippen LogP contribution in [0.4, 0.5) is 0 Å². The third kappa shape index (κ3) is 2.55. The van der Waals surface area contributed by atoms with Gasteiger partial charge in [-0.3, -0.25) is 0 Å². The smallest absolute Gasteiger partial charge is 0.119 e. The molecule has 0 aliphatic heterocycles. The lowest BCUT2D eigenvalue weighted by molar-refractivity contribution is 0.184. The van der Waals surface area contributed by atoms with Crippen LogP contribution in [0.15, 0.2) is 24.3 Å². The molecule has 0 fully saturated rings. The summed E-state index contributed by atoms with van der Waals surface area (Å²) < 4.78 is 10.2. The van der Waals surface area contributed by atoms with Crippen molar-refractivity contribution in [1.29, 1.82) is 0 Å². The van der Waals surface area contributed by atoms with Crippen molar-refractivity contribution in [3.8, 4) is 5.75 Å². The van der Waals surface area contributed by atoms with Crippen LogP contribution in [0.3, 0.4) is 0 Å². The van der Waals surface area contributed by atoms with E-state index >= 15 is 0 Å². The standard InChI is InChI=1S/C10H13O2/c1-3-12-10-6-4-5-9(7-10)8-11-2/h4-7H,1,3,8H2,2H3. The van der Waals surface area contributed by atoms with Gasteiger partial charge < -0.3 is 9.47 Å². The summed E-state index contributed by atoms with van der Waals surface area (Å²) in [5.41, 5.74) is 1.11. The first-order chi connectivity index (χ1) is 5.86. The maximum Gasteiger partial charge on any atom is 0.119 e. The molecule has 1 aromatic carbocycles. The monoisotopic (exact) mass is 165 g/mol. The highest BCUT2D eigenvalue weighted by molar-refractivity contribution is 5.28. The lowest BCUT2D eigenvalue weighted by Crippen LogP contribution is -1.93. The minimum Gasteiger partial charge on any atom is -0.494 e. The van der Waals surface area contributed by atoms with E-state index in [-0.39, 0.29) is 0 Å². The Morgan fingerprint density at radius 1 is 1.42 bits per heavy atom. The average molecular weight is 165 g/mol. The third-order valence-corrected chi connectivity index (χ3v) is 1.48. The predicted octanol–water partition coefficient (Wildman–Crippen LogP) is 2.05. The van der Waals surface area contributed by atoms with Gasteiger partial charge in [-0.05, 0) is 24.6 Å². The first kappa shape index (κ1) is 9.07. The molecular formula is C10H13O2. The molecule has 0 saturated heterocycles. The van der Waals surface area contributed by atoms with Gasteiger partial charge in [0.25, 0.3) is 0 Å². The van der Waals surface area contributed by atoms with Gasteiger partial charge in [-0.2, -0.15) is 0 Å². The Kier molecular flexibility index (Phi) is 3.61. The summed E-state index contributed by atoms with van der Waals surface area (Å²) in [6.45, 7) is 4.68. The fourth-order valence-corrected chi connectivity index (χ4v) is 1.01. The summed E-state index contributed by atoms with van der Waals surface area (Å²) in [5, 5.41) is 0. The second kappa shape index (κ2) is 4.78. The molecule has 0 N–H and O–H groups in total. The van der Waals surface area contributed by atoms with Gasteiger partial charge in [-0.1, -0.05) is 12.1 Å². The molecule has 0 aliphatic carbocycles. The molecule has 0 heterocycles. The molecule has 0 unspecified atom stereocenters. The second-order valence-electron chi connectivity index (χ2n) is 2.43. The number of methoxy groups -OCH3 is 1. The quantitative estimate of drug-likeness (QED) is 0.679. The van der Waals surface area contributed by atoms with Gasteiger partial charge in [-0.25, -0.2) is 0 Å². The van der Waals surface area contributed by atoms with Gasteiger partial charge in [0.2, 0.25) is 0 Å². The van der Waals surface area contributed by atoms with Crippen LogP contribution < -0.4 is 4.74 Å². The van der Waals surface area contributed by atoms with Gasteiger partial charge in [0.15, 0.2) is 0 Å². The van der Waals surface area contributed by atoms with Crippen LogP contribution in [0.25, 0.3) is 0 Å². The molecule has 0 spiro atoms. The van der Waals surface area contributed by atoms with Crippen molar-refractivity contribution in [3.05, 3.63) is 36.8 Å².